The molecule has 0 saturated heterocycles. The van der Waals surface area contributed by atoms with Gasteiger partial charge in [-0.1, -0.05) is 5.73 Å². The lowest BCUT2D eigenvalue weighted by Crippen LogP contribution is -2.28. The van der Waals surface area contributed by atoms with E-state index in [1.54, 1.807) is 6.92 Å². The van der Waals surface area contributed by atoms with Crippen LogP contribution in [0.5, 0.6) is 0 Å². The maximum absolute atomic E-state index is 12.4. The summed E-state index contributed by atoms with van der Waals surface area (Å²) in [6, 6.07) is 0. The van der Waals surface area contributed by atoms with E-state index in [1.165, 1.54) is 0 Å². The Morgan fingerprint density at radius 1 is 0.684 bits per heavy atom. The van der Waals surface area contributed by atoms with Crippen molar-refractivity contribution >= 4 is 11.9 Å². The van der Waals surface area contributed by atoms with Crippen molar-refractivity contribution in [1.82, 2.24) is 0 Å². The normalized spacial score (nSPS) is 12.8. The van der Waals surface area contributed by atoms with E-state index in [0.29, 0.717) is 32.3 Å². The van der Waals surface area contributed by atoms with Crippen molar-refractivity contribution in [3.63, 3.8) is 0 Å². The largest absolute Gasteiger partial charge is 0.466 e. The zero-order chi connectivity index (χ0) is 27.7. The molecule has 0 heterocycles. The van der Waals surface area contributed by atoms with Crippen LogP contribution in [0.15, 0.2) is 23.8 Å². The van der Waals surface area contributed by atoms with Crippen molar-refractivity contribution in [3.05, 3.63) is 23.8 Å². The van der Waals surface area contributed by atoms with E-state index in [4.69, 9.17) is 15.9 Å². The quantitative estimate of drug-likeness (QED) is 0.263. The first kappa shape index (κ1) is 29.9. The van der Waals surface area contributed by atoms with E-state index < -0.39 is 5.97 Å². The smallest absolute Gasteiger partial charge is 0.315 e. The van der Waals surface area contributed by atoms with Crippen LogP contribution in [0.1, 0.15) is 32.6 Å². The fourth-order valence-electron chi connectivity index (χ4n) is 2.76. The van der Waals surface area contributed by atoms with Crippen molar-refractivity contribution in [3.8, 4) is 119 Å². The van der Waals surface area contributed by atoms with Crippen LogP contribution in [0.25, 0.3) is 0 Å². The molecule has 0 N–H and O–H groups in total. The maximum atomic E-state index is 12.4. The average Bonchev–Trinajstić information content (AvgIpc) is 2.92. The second kappa shape index (κ2) is 20.2. The van der Waals surface area contributed by atoms with Crippen LogP contribution < -0.4 is 0 Å². The van der Waals surface area contributed by atoms with E-state index in [2.05, 4.69) is 131 Å². The zero-order valence-corrected chi connectivity index (χ0v) is 20.6. The van der Waals surface area contributed by atoms with Crippen LogP contribution in [-0.4, -0.2) is 18.5 Å². The lowest BCUT2D eigenvalue weighted by molar-refractivity contribution is -0.152. The summed E-state index contributed by atoms with van der Waals surface area (Å²) in [6.07, 6.45) is 7.14. The van der Waals surface area contributed by atoms with Gasteiger partial charge in [-0.15, -0.1) is 6.42 Å². The minimum Gasteiger partial charge on any atom is -0.466 e. The van der Waals surface area contributed by atoms with E-state index in [-0.39, 0.29) is 23.6 Å². The number of carbonyl (C=O) groups excluding carboxylic acids is 2. The Morgan fingerprint density at radius 3 is 1.47 bits per heavy atom. The van der Waals surface area contributed by atoms with Gasteiger partial charge in [0.2, 0.25) is 5.76 Å². The van der Waals surface area contributed by atoms with Crippen molar-refractivity contribution in [2.45, 2.75) is 32.6 Å². The molecule has 4 heteroatoms. The van der Waals surface area contributed by atoms with Gasteiger partial charge in [-0.25, -0.2) is 0 Å². The van der Waals surface area contributed by atoms with Gasteiger partial charge in [0, 0.05) is 11.8 Å². The van der Waals surface area contributed by atoms with Crippen LogP contribution in [0.3, 0.4) is 0 Å². The summed E-state index contributed by atoms with van der Waals surface area (Å²) in [6.45, 7) is 5.52. The molecule has 0 aromatic carbocycles. The number of carbonyl (C=O) groups is 2. The average molecular weight is 491 g/mol. The lowest BCUT2D eigenvalue weighted by atomic mass is 9.82. The molecule has 1 rings (SSSR count). The number of allylic oxidation sites excluding steroid dienone is 1. The van der Waals surface area contributed by atoms with Gasteiger partial charge in [0.05, 0.1) is 18.4 Å². The Morgan fingerprint density at radius 2 is 1.08 bits per heavy atom. The molecular formula is C34H18O4. The van der Waals surface area contributed by atoms with E-state index in [9.17, 15) is 9.59 Å². The standard InChI is InChI=1S/C34H18O4/c1-4-7-8-9-10-11-12-13-14-15-16-17-18-19-20-21-22-23-25-32(24-5-2)38-34(36)31-28-26-30(27-29-31)33(35)37-6-3/h1,30-31H,2,6,26-29H2,3H3. The summed E-state index contributed by atoms with van der Waals surface area (Å²) in [5.41, 5.74) is 4.94. The van der Waals surface area contributed by atoms with Gasteiger partial charge in [0.15, 0.2) is 0 Å². The summed E-state index contributed by atoms with van der Waals surface area (Å²) in [5, 5.41) is 0. The third-order valence-electron chi connectivity index (χ3n) is 4.33. The minimum absolute atomic E-state index is 0.0507. The van der Waals surface area contributed by atoms with Crippen LogP contribution in [0.2, 0.25) is 0 Å². The van der Waals surface area contributed by atoms with Crippen molar-refractivity contribution < 1.29 is 19.1 Å². The second-order valence-corrected chi connectivity index (χ2v) is 6.75. The molecule has 0 unspecified atom stereocenters. The highest BCUT2D eigenvalue weighted by Crippen LogP contribution is 2.30. The Kier molecular flexibility index (Phi) is 15.9. The van der Waals surface area contributed by atoms with Crippen molar-refractivity contribution in [1.29, 1.82) is 0 Å². The van der Waals surface area contributed by atoms with E-state index in [1.807, 2.05) is 0 Å². The highest BCUT2D eigenvalue weighted by atomic mass is 16.5. The van der Waals surface area contributed by atoms with Gasteiger partial charge in [-0.3, -0.25) is 9.59 Å². The predicted molar refractivity (Wildman–Crippen MR) is 143 cm³/mol. The molecule has 38 heavy (non-hydrogen) atoms. The third-order valence-corrected chi connectivity index (χ3v) is 4.33. The molecule has 0 atom stereocenters. The Bertz CT molecular complexity index is 1640. The van der Waals surface area contributed by atoms with Gasteiger partial charge < -0.3 is 9.47 Å². The van der Waals surface area contributed by atoms with E-state index >= 15 is 0 Å². The summed E-state index contributed by atoms with van der Waals surface area (Å²) in [7, 11) is 0. The zero-order valence-electron chi connectivity index (χ0n) is 20.6. The molecule has 1 aliphatic rings. The maximum Gasteiger partial charge on any atom is 0.315 e. The van der Waals surface area contributed by atoms with Gasteiger partial charge >= 0.3 is 11.9 Å². The van der Waals surface area contributed by atoms with Crippen LogP contribution in [-0.2, 0) is 19.1 Å². The molecule has 1 aliphatic carbocycles. The Balaban J connectivity index is 2.58. The summed E-state index contributed by atoms with van der Waals surface area (Å²) in [4.78, 5) is 24.3. The molecule has 0 amide bonds. The topological polar surface area (TPSA) is 52.6 Å². The summed E-state index contributed by atoms with van der Waals surface area (Å²) >= 11 is 0. The molecule has 0 aliphatic heterocycles. The summed E-state index contributed by atoms with van der Waals surface area (Å²) < 4.78 is 10.3. The Labute approximate surface area is 224 Å². The molecular weight excluding hydrogens is 472 g/mol. The third kappa shape index (κ3) is 14.2. The second-order valence-electron chi connectivity index (χ2n) is 6.75. The van der Waals surface area contributed by atoms with Gasteiger partial charge in [-0.05, 0) is 146 Å². The minimum atomic E-state index is -0.445. The SMILES string of the molecule is C#CC#CC#CC#CC#CC#CC#CC#CC#CC#CC(=C=C=C)OC(=O)C1CCC(C(=O)OCC)CC1. The molecule has 1 saturated carbocycles. The first-order valence-electron chi connectivity index (χ1n) is 11.1. The molecule has 0 aromatic rings. The molecule has 0 radical (unpaired) electrons. The van der Waals surface area contributed by atoms with Crippen LogP contribution in [0.4, 0.5) is 0 Å². The number of hydrogen-bond donors (Lipinski definition) is 0. The van der Waals surface area contributed by atoms with Gasteiger partial charge in [0.1, 0.15) is 0 Å². The Hall–Kier alpha value is -6.16. The molecule has 1 fully saturated rings. The number of ether oxygens (including phenoxy) is 2. The molecule has 0 bridgehead atoms. The first-order valence-corrected chi connectivity index (χ1v) is 11.1. The van der Waals surface area contributed by atoms with Crippen molar-refractivity contribution in [2.24, 2.45) is 11.8 Å². The van der Waals surface area contributed by atoms with E-state index in [0.717, 1.165) is 0 Å². The fourth-order valence-corrected chi connectivity index (χ4v) is 2.76. The highest BCUT2D eigenvalue weighted by Gasteiger charge is 2.31. The van der Waals surface area contributed by atoms with Crippen LogP contribution >= 0.6 is 0 Å². The highest BCUT2D eigenvalue weighted by molar-refractivity contribution is 5.76. The molecule has 0 spiro atoms. The van der Waals surface area contributed by atoms with Crippen molar-refractivity contribution in [2.75, 3.05) is 6.61 Å². The molecule has 4 nitrogen and oxygen atoms in total. The van der Waals surface area contributed by atoms with Gasteiger partial charge in [0.25, 0.3) is 0 Å². The summed E-state index contributed by atoms with van der Waals surface area (Å²) in [5.74, 6) is 45.4. The monoisotopic (exact) mass is 490 g/mol. The lowest BCUT2D eigenvalue weighted by Gasteiger charge is -2.25. The first-order chi connectivity index (χ1) is 18.6. The number of rotatable bonds is 4. The molecule has 178 valence electrons. The van der Waals surface area contributed by atoms with Crippen LogP contribution in [0, 0.1) is 131 Å². The number of hydrogen-bond acceptors (Lipinski definition) is 4. The van der Waals surface area contributed by atoms with Gasteiger partial charge in [-0.2, -0.15) is 0 Å². The number of terminal acetylenes is 1. The number of esters is 2. The predicted octanol–water partition coefficient (Wildman–Crippen LogP) is 2.39. The fraction of sp³-hybridized carbons (Fsp3) is 0.235. The molecule has 0 aromatic heterocycles.